The zero-order valence-corrected chi connectivity index (χ0v) is 10.2. The first kappa shape index (κ1) is 11.1. The molecule has 84 valence electrons. The number of hydrogen-bond donors (Lipinski definition) is 1. The molecule has 4 heteroatoms. The molecule has 0 radical (unpaired) electrons. The fraction of sp³-hybridized carbons (Fsp3) is 0.333. The monoisotopic (exact) mass is 234 g/mol. The van der Waals surface area contributed by atoms with Crippen molar-refractivity contribution in [2.45, 2.75) is 20.3 Å². The van der Waals surface area contributed by atoms with Crippen molar-refractivity contribution < 1.29 is 4.42 Å². The Morgan fingerprint density at radius 1 is 1.50 bits per heavy atom. The van der Waals surface area contributed by atoms with Crippen molar-refractivity contribution in [2.75, 3.05) is 0 Å². The molecule has 0 amide bonds. The number of thiocarbonyl (C=S) groups is 1. The van der Waals surface area contributed by atoms with E-state index in [-0.39, 0.29) is 4.99 Å². The van der Waals surface area contributed by atoms with Crippen LogP contribution in [-0.2, 0) is 6.42 Å². The van der Waals surface area contributed by atoms with E-state index < -0.39 is 0 Å². The molecule has 1 aromatic carbocycles. The van der Waals surface area contributed by atoms with E-state index >= 15 is 0 Å². The van der Waals surface area contributed by atoms with Gasteiger partial charge in [-0.3, -0.25) is 0 Å². The smallest absolute Gasteiger partial charge is 0.255 e. The minimum absolute atomic E-state index is 0.196. The van der Waals surface area contributed by atoms with Gasteiger partial charge in [-0.05, 0) is 30.0 Å². The Morgan fingerprint density at radius 3 is 2.88 bits per heavy atom. The Hall–Kier alpha value is -1.42. The highest BCUT2D eigenvalue weighted by Crippen LogP contribution is 2.19. The van der Waals surface area contributed by atoms with Gasteiger partial charge in [-0.1, -0.05) is 32.1 Å². The molecule has 3 nitrogen and oxygen atoms in total. The summed E-state index contributed by atoms with van der Waals surface area (Å²) in [4.78, 5) is 4.44. The number of nitrogens with two attached hydrogens (primary N) is 1. The van der Waals surface area contributed by atoms with Crippen LogP contribution in [0.4, 0.5) is 0 Å². The number of rotatable bonds is 3. The van der Waals surface area contributed by atoms with Crippen LogP contribution in [0, 0.1) is 5.92 Å². The van der Waals surface area contributed by atoms with Crippen LogP contribution in [-0.4, -0.2) is 9.97 Å². The SMILES string of the molecule is CC(C)Cc1ccc2oc(C(N)=S)nc2c1. The molecule has 0 aliphatic carbocycles. The highest BCUT2D eigenvalue weighted by Gasteiger charge is 2.08. The molecule has 0 bridgehead atoms. The predicted octanol–water partition coefficient (Wildman–Crippen LogP) is 2.66. The summed E-state index contributed by atoms with van der Waals surface area (Å²) in [6.07, 6.45) is 1.03. The third-order valence-electron chi connectivity index (χ3n) is 2.31. The summed E-state index contributed by atoms with van der Waals surface area (Å²) < 4.78 is 5.41. The summed E-state index contributed by atoms with van der Waals surface area (Å²) in [6, 6.07) is 6.00. The van der Waals surface area contributed by atoms with E-state index in [0.29, 0.717) is 11.8 Å². The van der Waals surface area contributed by atoms with Crippen LogP contribution in [0.2, 0.25) is 0 Å². The van der Waals surface area contributed by atoms with Crippen molar-refractivity contribution in [1.82, 2.24) is 4.98 Å². The fourth-order valence-electron chi connectivity index (χ4n) is 1.68. The third kappa shape index (κ3) is 2.22. The molecule has 0 unspecified atom stereocenters. The van der Waals surface area contributed by atoms with Gasteiger partial charge in [0.1, 0.15) is 5.52 Å². The molecule has 2 rings (SSSR count). The molecular weight excluding hydrogens is 220 g/mol. The van der Waals surface area contributed by atoms with E-state index in [1.54, 1.807) is 0 Å². The van der Waals surface area contributed by atoms with Gasteiger partial charge in [0.05, 0.1) is 0 Å². The van der Waals surface area contributed by atoms with E-state index in [2.05, 4.69) is 24.9 Å². The van der Waals surface area contributed by atoms with Gasteiger partial charge < -0.3 is 10.2 Å². The number of aromatic nitrogens is 1. The molecule has 1 heterocycles. The van der Waals surface area contributed by atoms with Gasteiger partial charge in [0.25, 0.3) is 5.89 Å². The molecule has 0 aliphatic heterocycles. The summed E-state index contributed by atoms with van der Waals surface area (Å²) in [6.45, 7) is 4.38. The Kier molecular flexibility index (Phi) is 2.92. The average molecular weight is 234 g/mol. The van der Waals surface area contributed by atoms with E-state index in [9.17, 15) is 0 Å². The summed E-state index contributed by atoms with van der Waals surface area (Å²) >= 11 is 4.83. The Labute approximate surface area is 99.7 Å². The van der Waals surface area contributed by atoms with Gasteiger partial charge in [-0.2, -0.15) is 0 Å². The van der Waals surface area contributed by atoms with Gasteiger partial charge >= 0.3 is 0 Å². The molecule has 2 aromatic rings. The minimum Gasteiger partial charge on any atom is -0.434 e. The van der Waals surface area contributed by atoms with Crippen LogP contribution in [0.3, 0.4) is 0 Å². The Bertz CT molecular complexity index is 531. The summed E-state index contributed by atoms with van der Waals surface area (Å²) in [5, 5.41) is 0. The molecule has 16 heavy (non-hydrogen) atoms. The van der Waals surface area contributed by atoms with E-state index in [1.807, 2.05) is 12.1 Å². The third-order valence-corrected chi connectivity index (χ3v) is 2.48. The van der Waals surface area contributed by atoms with Crippen molar-refractivity contribution in [3.8, 4) is 0 Å². The summed E-state index contributed by atoms with van der Waals surface area (Å²) in [5.74, 6) is 0.964. The number of nitrogens with zero attached hydrogens (tertiary/aromatic N) is 1. The molecule has 0 saturated heterocycles. The van der Waals surface area contributed by atoms with E-state index in [0.717, 1.165) is 17.5 Å². The topological polar surface area (TPSA) is 52.0 Å². The molecule has 0 fully saturated rings. The first-order valence-electron chi connectivity index (χ1n) is 5.25. The first-order chi connectivity index (χ1) is 7.56. The van der Waals surface area contributed by atoms with Crippen LogP contribution >= 0.6 is 12.2 Å². The second kappa shape index (κ2) is 4.22. The van der Waals surface area contributed by atoms with Gasteiger partial charge in [0, 0.05) is 0 Å². The van der Waals surface area contributed by atoms with Crippen molar-refractivity contribution in [1.29, 1.82) is 0 Å². The summed E-state index contributed by atoms with van der Waals surface area (Å²) in [7, 11) is 0. The van der Waals surface area contributed by atoms with Gasteiger partial charge in [0.15, 0.2) is 10.6 Å². The van der Waals surface area contributed by atoms with Gasteiger partial charge in [0.2, 0.25) is 0 Å². The maximum Gasteiger partial charge on any atom is 0.255 e. The largest absolute Gasteiger partial charge is 0.434 e. The number of benzene rings is 1. The molecular formula is C12H14N2OS. The molecule has 0 aliphatic rings. The Morgan fingerprint density at radius 2 is 2.25 bits per heavy atom. The highest BCUT2D eigenvalue weighted by molar-refractivity contribution is 7.80. The van der Waals surface area contributed by atoms with Crippen LogP contribution in [0.15, 0.2) is 22.6 Å². The first-order valence-corrected chi connectivity index (χ1v) is 5.66. The van der Waals surface area contributed by atoms with Crippen molar-refractivity contribution in [3.63, 3.8) is 0 Å². The zero-order chi connectivity index (χ0) is 11.7. The molecule has 0 atom stereocenters. The second-order valence-electron chi connectivity index (χ2n) is 4.28. The summed E-state index contributed by atoms with van der Waals surface area (Å²) in [5.41, 5.74) is 8.28. The average Bonchev–Trinajstić information content (AvgIpc) is 2.59. The van der Waals surface area contributed by atoms with Crippen LogP contribution in [0.5, 0.6) is 0 Å². The minimum atomic E-state index is 0.196. The Balaban J connectivity index is 2.41. The van der Waals surface area contributed by atoms with Crippen LogP contribution in [0.1, 0.15) is 25.3 Å². The zero-order valence-electron chi connectivity index (χ0n) is 9.36. The van der Waals surface area contributed by atoms with Crippen LogP contribution in [0.25, 0.3) is 11.1 Å². The highest BCUT2D eigenvalue weighted by atomic mass is 32.1. The second-order valence-corrected chi connectivity index (χ2v) is 4.72. The van der Waals surface area contributed by atoms with Crippen molar-refractivity contribution >= 4 is 28.3 Å². The maximum absolute atomic E-state index is 5.47. The fourth-order valence-corrected chi connectivity index (χ4v) is 1.76. The quantitative estimate of drug-likeness (QED) is 0.829. The number of hydrogen-bond acceptors (Lipinski definition) is 3. The maximum atomic E-state index is 5.47. The van der Waals surface area contributed by atoms with E-state index in [1.165, 1.54) is 5.56 Å². The lowest BCUT2D eigenvalue weighted by Crippen LogP contribution is -2.09. The predicted molar refractivity (Wildman–Crippen MR) is 68.4 cm³/mol. The van der Waals surface area contributed by atoms with Crippen LogP contribution < -0.4 is 5.73 Å². The lowest BCUT2D eigenvalue weighted by molar-refractivity contribution is 0.591. The lowest BCUT2D eigenvalue weighted by Gasteiger charge is -2.03. The van der Waals surface area contributed by atoms with Gasteiger partial charge in [-0.15, -0.1) is 0 Å². The number of fused-ring (bicyclic) bond motifs is 1. The van der Waals surface area contributed by atoms with Crippen molar-refractivity contribution in [3.05, 3.63) is 29.7 Å². The molecule has 2 N–H and O–H groups in total. The lowest BCUT2D eigenvalue weighted by atomic mass is 10.0. The molecule has 0 saturated carbocycles. The van der Waals surface area contributed by atoms with E-state index in [4.69, 9.17) is 22.4 Å². The normalized spacial score (nSPS) is 11.2. The standard InChI is InChI=1S/C12H14N2OS/c1-7(2)5-8-3-4-10-9(6-8)14-12(15-10)11(13)16/h3-4,6-7H,5H2,1-2H3,(H2,13,16). The van der Waals surface area contributed by atoms with Gasteiger partial charge in [-0.25, -0.2) is 4.98 Å². The number of oxazole rings is 1. The molecule has 0 spiro atoms. The van der Waals surface area contributed by atoms with Crippen molar-refractivity contribution in [2.24, 2.45) is 11.7 Å². The molecule has 1 aromatic heterocycles.